The molecule has 0 fully saturated rings. The van der Waals surface area contributed by atoms with Crippen LogP contribution in [0.2, 0.25) is 0 Å². The molecule has 0 saturated heterocycles. The number of para-hydroxylation sites is 2. The Morgan fingerprint density at radius 2 is 1.63 bits per heavy atom. The minimum absolute atomic E-state index is 0.320. The van der Waals surface area contributed by atoms with E-state index in [4.69, 9.17) is 4.74 Å². The van der Waals surface area contributed by atoms with Gasteiger partial charge in [-0.05, 0) is 62.7 Å². The highest BCUT2D eigenvalue weighted by molar-refractivity contribution is 5.93. The van der Waals surface area contributed by atoms with E-state index in [-0.39, 0.29) is 5.82 Å². The average Bonchev–Trinajstić information content (AvgIpc) is 3.06. The maximum Gasteiger partial charge on any atom is 0.412 e. The summed E-state index contributed by atoms with van der Waals surface area (Å²) < 4.78 is 21.5. The van der Waals surface area contributed by atoms with Crippen LogP contribution in [0.25, 0.3) is 27.8 Å². The number of aromatic nitrogens is 1. The van der Waals surface area contributed by atoms with Crippen LogP contribution in [0.4, 0.5) is 14.9 Å². The second-order valence-corrected chi connectivity index (χ2v) is 8.08. The standard InChI is InChI=1S/C25H23FN2O2/c1-25(2,3)30-24(29)27-20-11-7-8-12-21(20)28-22(17-9-5-4-6-10-17)15-18-13-14-19(26)16-23(18)28/h4-16H,1-3H3,(H,27,29). The molecular formula is C25H23FN2O2. The van der Waals surface area contributed by atoms with E-state index in [0.717, 1.165) is 22.3 Å². The Balaban J connectivity index is 1.90. The third-order valence-corrected chi connectivity index (χ3v) is 4.62. The van der Waals surface area contributed by atoms with Crippen molar-refractivity contribution in [2.24, 2.45) is 0 Å². The summed E-state index contributed by atoms with van der Waals surface area (Å²) in [6, 6.07) is 24.0. The zero-order valence-corrected chi connectivity index (χ0v) is 17.1. The summed E-state index contributed by atoms with van der Waals surface area (Å²) in [5.41, 5.74) is 3.29. The maximum atomic E-state index is 14.1. The molecule has 0 spiro atoms. The average molecular weight is 402 g/mol. The van der Waals surface area contributed by atoms with Gasteiger partial charge in [0, 0.05) is 5.39 Å². The number of nitrogens with one attached hydrogen (secondary N) is 1. The van der Waals surface area contributed by atoms with E-state index in [0.29, 0.717) is 11.2 Å². The summed E-state index contributed by atoms with van der Waals surface area (Å²) in [4.78, 5) is 12.4. The number of hydrogen-bond acceptors (Lipinski definition) is 2. The molecule has 0 bridgehead atoms. The number of carbonyl (C=O) groups is 1. The highest BCUT2D eigenvalue weighted by atomic mass is 19.1. The lowest BCUT2D eigenvalue weighted by Crippen LogP contribution is -2.27. The minimum Gasteiger partial charge on any atom is -0.444 e. The lowest BCUT2D eigenvalue weighted by molar-refractivity contribution is 0.0636. The summed E-state index contributed by atoms with van der Waals surface area (Å²) in [7, 11) is 0. The van der Waals surface area contributed by atoms with Crippen molar-refractivity contribution in [3.05, 3.63) is 84.7 Å². The number of carbonyl (C=O) groups excluding carboxylic acids is 1. The molecule has 0 aliphatic carbocycles. The van der Waals surface area contributed by atoms with Crippen molar-refractivity contribution >= 4 is 22.7 Å². The van der Waals surface area contributed by atoms with Crippen molar-refractivity contribution in [3.8, 4) is 16.9 Å². The van der Waals surface area contributed by atoms with Gasteiger partial charge in [0.1, 0.15) is 11.4 Å². The fraction of sp³-hybridized carbons (Fsp3) is 0.160. The van der Waals surface area contributed by atoms with Gasteiger partial charge in [0.2, 0.25) is 0 Å². The van der Waals surface area contributed by atoms with Crippen LogP contribution in [-0.4, -0.2) is 16.3 Å². The molecule has 4 aromatic rings. The molecule has 0 radical (unpaired) electrons. The van der Waals surface area contributed by atoms with Crippen molar-refractivity contribution in [1.29, 1.82) is 0 Å². The molecule has 1 N–H and O–H groups in total. The predicted octanol–water partition coefficient (Wildman–Crippen LogP) is 6.78. The van der Waals surface area contributed by atoms with Gasteiger partial charge >= 0.3 is 6.09 Å². The van der Waals surface area contributed by atoms with Crippen molar-refractivity contribution in [2.75, 3.05) is 5.32 Å². The summed E-state index contributed by atoms with van der Waals surface area (Å²) in [6.45, 7) is 5.44. The molecule has 5 heteroatoms. The topological polar surface area (TPSA) is 43.3 Å². The number of anilines is 1. The molecule has 0 aliphatic rings. The van der Waals surface area contributed by atoms with E-state index in [1.54, 1.807) is 12.1 Å². The van der Waals surface area contributed by atoms with Crippen LogP contribution in [-0.2, 0) is 4.74 Å². The van der Waals surface area contributed by atoms with Gasteiger partial charge in [0.25, 0.3) is 0 Å². The molecule has 1 aromatic heterocycles. The Morgan fingerprint density at radius 3 is 2.37 bits per heavy atom. The monoisotopic (exact) mass is 402 g/mol. The summed E-state index contributed by atoms with van der Waals surface area (Å²) in [6.07, 6.45) is -0.543. The zero-order valence-electron chi connectivity index (χ0n) is 17.1. The number of hydrogen-bond donors (Lipinski definition) is 1. The van der Waals surface area contributed by atoms with E-state index in [9.17, 15) is 9.18 Å². The van der Waals surface area contributed by atoms with Crippen LogP contribution in [0.5, 0.6) is 0 Å². The minimum atomic E-state index is -0.614. The zero-order chi connectivity index (χ0) is 21.3. The molecule has 4 rings (SSSR count). The fourth-order valence-electron chi connectivity index (χ4n) is 3.44. The first-order valence-electron chi connectivity index (χ1n) is 9.78. The molecule has 0 aliphatic heterocycles. The third-order valence-electron chi connectivity index (χ3n) is 4.62. The highest BCUT2D eigenvalue weighted by Crippen LogP contribution is 2.34. The van der Waals surface area contributed by atoms with Gasteiger partial charge in [-0.15, -0.1) is 0 Å². The first kappa shape index (κ1) is 19.7. The molecule has 0 atom stereocenters. The lowest BCUT2D eigenvalue weighted by atomic mass is 10.1. The van der Waals surface area contributed by atoms with Gasteiger partial charge in [-0.2, -0.15) is 0 Å². The Morgan fingerprint density at radius 1 is 0.933 bits per heavy atom. The number of halogens is 1. The normalized spacial score (nSPS) is 11.5. The van der Waals surface area contributed by atoms with Crippen LogP contribution in [0.15, 0.2) is 78.9 Å². The Hall–Kier alpha value is -3.60. The molecule has 4 nitrogen and oxygen atoms in total. The molecule has 0 saturated carbocycles. The Kier molecular flexibility index (Phi) is 5.04. The van der Waals surface area contributed by atoms with Crippen LogP contribution >= 0.6 is 0 Å². The van der Waals surface area contributed by atoms with Crippen molar-refractivity contribution in [1.82, 2.24) is 4.57 Å². The molecular weight excluding hydrogens is 379 g/mol. The summed E-state index contributed by atoms with van der Waals surface area (Å²) >= 11 is 0. The van der Waals surface area contributed by atoms with Gasteiger partial charge in [0.15, 0.2) is 0 Å². The van der Waals surface area contributed by atoms with Crippen LogP contribution in [0.1, 0.15) is 20.8 Å². The van der Waals surface area contributed by atoms with Gasteiger partial charge in [0.05, 0.1) is 22.6 Å². The number of rotatable bonds is 3. The van der Waals surface area contributed by atoms with Gasteiger partial charge in [-0.1, -0.05) is 42.5 Å². The first-order chi connectivity index (χ1) is 14.3. The highest BCUT2D eigenvalue weighted by Gasteiger charge is 2.19. The quantitative estimate of drug-likeness (QED) is 0.410. The van der Waals surface area contributed by atoms with E-state index in [1.165, 1.54) is 12.1 Å². The van der Waals surface area contributed by atoms with Gasteiger partial charge in [-0.25, -0.2) is 9.18 Å². The molecule has 1 amide bonds. The third kappa shape index (κ3) is 4.06. The SMILES string of the molecule is CC(C)(C)OC(=O)Nc1ccccc1-n1c(-c2ccccc2)cc2ccc(F)cc21. The number of ether oxygens (including phenoxy) is 1. The summed E-state index contributed by atoms with van der Waals surface area (Å²) in [5.74, 6) is -0.320. The second-order valence-electron chi connectivity index (χ2n) is 8.08. The number of fused-ring (bicyclic) bond motifs is 1. The second kappa shape index (κ2) is 7.67. The smallest absolute Gasteiger partial charge is 0.412 e. The number of amides is 1. The van der Waals surface area contributed by atoms with E-state index in [2.05, 4.69) is 5.32 Å². The van der Waals surface area contributed by atoms with Crippen molar-refractivity contribution in [2.45, 2.75) is 26.4 Å². The molecule has 152 valence electrons. The Bertz CT molecular complexity index is 1210. The van der Waals surface area contributed by atoms with Crippen molar-refractivity contribution < 1.29 is 13.9 Å². The largest absolute Gasteiger partial charge is 0.444 e. The summed E-state index contributed by atoms with van der Waals surface area (Å²) in [5, 5.41) is 3.74. The Labute approximate surface area is 174 Å². The number of benzene rings is 3. The van der Waals surface area contributed by atoms with Crippen LogP contribution in [0.3, 0.4) is 0 Å². The van der Waals surface area contributed by atoms with Gasteiger partial charge < -0.3 is 9.30 Å². The van der Waals surface area contributed by atoms with Crippen LogP contribution in [0, 0.1) is 5.82 Å². The molecule has 30 heavy (non-hydrogen) atoms. The van der Waals surface area contributed by atoms with Crippen LogP contribution < -0.4 is 5.32 Å². The predicted molar refractivity (Wildman–Crippen MR) is 119 cm³/mol. The molecule has 1 heterocycles. The van der Waals surface area contributed by atoms with Crippen molar-refractivity contribution in [3.63, 3.8) is 0 Å². The molecule has 0 unspecified atom stereocenters. The lowest BCUT2D eigenvalue weighted by Gasteiger charge is -2.21. The molecule has 3 aromatic carbocycles. The number of nitrogens with zero attached hydrogens (tertiary/aromatic N) is 1. The maximum absolute atomic E-state index is 14.1. The van der Waals surface area contributed by atoms with E-state index < -0.39 is 11.7 Å². The fourth-order valence-corrected chi connectivity index (χ4v) is 3.44. The first-order valence-corrected chi connectivity index (χ1v) is 9.78. The van der Waals surface area contributed by atoms with E-state index in [1.807, 2.05) is 79.9 Å². The van der Waals surface area contributed by atoms with Gasteiger partial charge in [-0.3, -0.25) is 5.32 Å². The van der Waals surface area contributed by atoms with E-state index >= 15 is 0 Å².